The molecule has 1 amide bonds. The van der Waals surface area contributed by atoms with Gasteiger partial charge in [-0.15, -0.1) is 0 Å². The fourth-order valence-electron chi connectivity index (χ4n) is 2.03. The molecule has 0 spiro atoms. The molecule has 0 saturated heterocycles. The fourth-order valence-corrected chi connectivity index (χ4v) is 2.03. The molecule has 0 aliphatic heterocycles. The molecule has 0 fully saturated rings. The first-order valence-electron chi connectivity index (χ1n) is 7.34. The molecule has 2 aromatic carbocycles. The van der Waals surface area contributed by atoms with E-state index in [2.05, 4.69) is 20.6 Å². The number of halogens is 5. The van der Waals surface area contributed by atoms with E-state index in [9.17, 15) is 26.7 Å². The smallest absolute Gasteiger partial charge is 0.258 e. The summed E-state index contributed by atoms with van der Waals surface area (Å²) in [7, 11) is 0. The maximum Gasteiger partial charge on any atom is 0.258 e. The molecule has 0 unspecified atom stereocenters. The van der Waals surface area contributed by atoms with Gasteiger partial charge in [-0.2, -0.15) is 0 Å². The number of hydrogen-bond acceptors (Lipinski definition) is 4. The van der Waals surface area contributed by atoms with Crippen LogP contribution in [0.3, 0.4) is 0 Å². The number of nitrogens with one attached hydrogen (secondary N) is 2. The van der Waals surface area contributed by atoms with Gasteiger partial charge in [0.05, 0.1) is 11.3 Å². The lowest BCUT2D eigenvalue weighted by Crippen LogP contribution is -2.15. The maximum absolute atomic E-state index is 13.6. The second-order valence-electron chi connectivity index (χ2n) is 5.23. The Balaban J connectivity index is 1.72. The van der Waals surface area contributed by atoms with Crippen molar-refractivity contribution in [3.8, 4) is 0 Å². The third-order valence-electron chi connectivity index (χ3n) is 3.37. The minimum atomic E-state index is -1.71. The molecule has 27 heavy (non-hydrogen) atoms. The van der Waals surface area contributed by atoms with E-state index in [0.717, 1.165) is 30.6 Å². The van der Waals surface area contributed by atoms with Crippen molar-refractivity contribution < 1.29 is 26.7 Å². The molecule has 3 aromatic rings. The highest BCUT2D eigenvalue weighted by Gasteiger charge is 2.16. The number of rotatable bonds is 4. The largest absolute Gasteiger partial charge is 0.324 e. The van der Waals surface area contributed by atoms with Crippen LogP contribution in [0, 0.1) is 29.1 Å². The molecule has 0 aliphatic rings. The van der Waals surface area contributed by atoms with E-state index in [1.165, 1.54) is 6.07 Å². The van der Waals surface area contributed by atoms with Crippen LogP contribution >= 0.6 is 0 Å². The Bertz CT molecular complexity index is 1010. The molecule has 1 aromatic heterocycles. The number of amides is 1. The highest BCUT2D eigenvalue weighted by molar-refractivity contribution is 6.04. The minimum absolute atomic E-state index is 0.0171. The van der Waals surface area contributed by atoms with E-state index in [0.29, 0.717) is 6.07 Å². The summed E-state index contributed by atoms with van der Waals surface area (Å²) in [6, 6.07) is 4.60. The lowest BCUT2D eigenvalue weighted by atomic mass is 10.2. The number of anilines is 3. The van der Waals surface area contributed by atoms with Crippen molar-refractivity contribution in [3.63, 3.8) is 0 Å². The molecule has 0 bridgehead atoms. The average molecular weight is 380 g/mol. The molecular weight excluding hydrogens is 371 g/mol. The normalized spacial score (nSPS) is 10.6. The minimum Gasteiger partial charge on any atom is -0.324 e. The summed E-state index contributed by atoms with van der Waals surface area (Å²) in [6.07, 6.45) is 2.14. The quantitative estimate of drug-likeness (QED) is 0.527. The van der Waals surface area contributed by atoms with Crippen molar-refractivity contribution in [2.24, 2.45) is 0 Å². The van der Waals surface area contributed by atoms with Crippen molar-refractivity contribution in [2.75, 3.05) is 10.6 Å². The standard InChI is InChI=1S/C17H9F5N4O/c18-10-2-1-9(5-12(10)20)25-17-23-6-8(7-24-17)16(27)26-13-4-3-11(19)14(21)15(13)22/h1-7H,(H,26,27)(H,23,24,25). The van der Waals surface area contributed by atoms with Gasteiger partial charge in [-0.3, -0.25) is 4.79 Å². The van der Waals surface area contributed by atoms with Crippen molar-refractivity contribution in [1.82, 2.24) is 9.97 Å². The Morgan fingerprint density at radius 1 is 0.815 bits per heavy atom. The van der Waals surface area contributed by atoms with Crippen LogP contribution in [0.15, 0.2) is 42.7 Å². The van der Waals surface area contributed by atoms with E-state index >= 15 is 0 Å². The molecule has 10 heteroatoms. The molecule has 0 saturated carbocycles. The second-order valence-corrected chi connectivity index (χ2v) is 5.23. The predicted octanol–water partition coefficient (Wildman–Crippen LogP) is 4.17. The van der Waals surface area contributed by atoms with Gasteiger partial charge < -0.3 is 10.6 Å². The highest BCUT2D eigenvalue weighted by atomic mass is 19.2. The summed E-state index contributed by atoms with van der Waals surface area (Å²) >= 11 is 0. The number of carbonyl (C=O) groups is 1. The van der Waals surface area contributed by atoms with Crippen LogP contribution < -0.4 is 10.6 Å². The molecule has 138 valence electrons. The first-order valence-corrected chi connectivity index (χ1v) is 7.34. The van der Waals surface area contributed by atoms with Crippen molar-refractivity contribution in [1.29, 1.82) is 0 Å². The zero-order valence-electron chi connectivity index (χ0n) is 13.2. The third kappa shape index (κ3) is 4.00. The summed E-state index contributed by atoms with van der Waals surface area (Å²) in [4.78, 5) is 19.7. The van der Waals surface area contributed by atoms with E-state index in [1.54, 1.807) is 0 Å². The zero-order valence-corrected chi connectivity index (χ0v) is 13.2. The van der Waals surface area contributed by atoms with Crippen molar-refractivity contribution in [2.45, 2.75) is 0 Å². The molecular formula is C17H9F5N4O. The number of aromatic nitrogens is 2. The molecule has 3 rings (SSSR count). The lowest BCUT2D eigenvalue weighted by molar-refractivity contribution is 0.102. The van der Waals surface area contributed by atoms with Crippen LogP contribution in [0.1, 0.15) is 10.4 Å². The summed E-state index contributed by atoms with van der Waals surface area (Å²) in [5.74, 6) is -7.60. The fraction of sp³-hybridized carbons (Fsp3) is 0. The Labute approximate surface area is 148 Å². The van der Waals surface area contributed by atoms with Crippen molar-refractivity contribution >= 4 is 23.2 Å². The van der Waals surface area contributed by atoms with Crippen LogP contribution in [0.5, 0.6) is 0 Å². The second kappa shape index (κ2) is 7.36. The number of carbonyl (C=O) groups excluding carboxylic acids is 1. The molecule has 0 aliphatic carbocycles. The molecule has 2 N–H and O–H groups in total. The highest BCUT2D eigenvalue weighted by Crippen LogP contribution is 2.20. The van der Waals surface area contributed by atoms with Gasteiger partial charge in [-0.1, -0.05) is 0 Å². The topological polar surface area (TPSA) is 66.9 Å². The van der Waals surface area contributed by atoms with E-state index in [1.807, 2.05) is 0 Å². The predicted molar refractivity (Wildman–Crippen MR) is 85.9 cm³/mol. The van der Waals surface area contributed by atoms with Crippen molar-refractivity contribution in [3.05, 3.63) is 77.4 Å². The first kappa shape index (κ1) is 18.2. The molecule has 0 atom stereocenters. The summed E-state index contributed by atoms with van der Waals surface area (Å²) < 4.78 is 65.7. The number of benzene rings is 2. The monoisotopic (exact) mass is 380 g/mol. The van der Waals surface area contributed by atoms with Gasteiger partial charge in [-0.25, -0.2) is 31.9 Å². The van der Waals surface area contributed by atoms with Crippen LogP contribution in [0.4, 0.5) is 39.3 Å². The summed E-state index contributed by atoms with van der Waals surface area (Å²) in [6.45, 7) is 0. The van der Waals surface area contributed by atoms with Gasteiger partial charge in [0.1, 0.15) is 0 Å². The number of nitrogens with zero attached hydrogens (tertiary/aromatic N) is 2. The van der Waals surface area contributed by atoms with Gasteiger partial charge in [0.15, 0.2) is 29.1 Å². The summed E-state index contributed by atoms with van der Waals surface area (Å²) in [5, 5.41) is 4.66. The van der Waals surface area contributed by atoms with E-state index in [-0.39, 0.29) is 17.2 Å². The van der Waals surface area contributed by atoms with Crippen LogP contribution in [0.25, 0.3) is 0 Å². The average Bonchev–Trinajstić information content (AvgIpc) is 2.66. The van der Waals surface area contributed by atoms with Crippen LogP contribution in [0.2, 0.25) is 0 Å². The van der Waals surface area contributed by atoms with E-state index in [4.69, 9.17) is 0 Å². The maximum atomic E-state index is 13.6. The van der Waals surface area contributed by atoms with Gasteiger partial charge in [-0.05, 0) is 24.3 Å². The van der Waals surface area contributed by atoms with Crippen LogP contribution in [-0.4, -0.2) is 15.9 Å². The van der Waals surface area contributed by atoms with Gasteiger partial charge in [0.25, 0.3) is 5.91 Å². The van der Waals surface area contributed by atoms with E-state index < -0.39 is 40.7 Å². The van der Waals surface area contributed by atoms with Crippen LogP contribution in [-0.2, 0) is 0 Å². The first-order chi connectivity index (χ1) is 12.8. The lowest BCUT2D eigenvalue weighted by Gasteiger charge is -2.08. The molecule has 5 nitrogen and oxygen atoms in total. The Morgan fingerprint density at radius 3 is 2.15 bits per heavy atom. The Morgan fingerprint density at radius 2 is 1.48 bits per heavy atom. The molecule has 0 radical (unpaired) electrons. The number of hydrogen-bond donors (Lipinski definition) is 2. The third-order valence-corrected chi connectivity index (χ3v) is 3.37. The SMILES string of the molecule is O=C(Nc1ccc(F)c(F)c1F)c1cnc(Nc2ccc(F)c(F)c2)nc1. The Hall–Kier alpha value is -3.56. The van der Waals surface area contributed by atoms with Gasteiger partial charge in [0.2, 0.25) is 5.95 Å². The zero-order chi connectivity index (χ0) is 19.6. The Kier molecular flexibility index (Phi) is 4.97. The summed E-state index contributed by atoms with van der Waals surface area (Å²) in [5.41, 5.74) is -0.479. The van der Waals surface area contributed by atoms with Gasteiger partial charge >= 0.3 is 0 Å². The van der Waals surface area contributed by atoms with Gasteiger partial charge in [0, 0.05) is 24.1 Å². The molecule has 1 heterocycles.